The fourth-order valence-corrected chi connectivity index (χ4v) is 1.04. The van der Waals surface area contributed by atoms with E-state index in [1.54, 1.807) is 0 Å². The van der Waals surface area contributed by atoms with Crippen LogP contribution >= 0.6 is 0 Å². The van der Waals surface area contributed by atoms with Gasteiger partial charge in [-0.15, -0.1) is 0 Å². The molecular weight excluding hydrogens is 114 g/mol. The number of nitrogens with zero attached hydrogens (tertiary/aromatic N) is 1. The highest BCUT2D eigenvalue weighted by molar-refractivity contribution is 5.82. The summed E-state index contributed by atoms with van der Waals surface area (Å²) in [6, 6.07) is 0.0405. The maximum atomic E-state index is 7.07. The second-order valence-electron chi connectivity index (χ2n) is 2.37. The molecule has 0 aliphatic carbocycles. The van der Waals surface area contributed by atoms with Gasteiger partial charge in [0.05, 0.1) is 6.04 Å². The zero-order valence-electron chi connectivity index (χ0n) is 5.43. The molecule has 3 nitrogen and oxygen atoms in total. The van der Waals surface area contributed by atoms with Gasteiger partial charge < -0.3 is 5.73 Å². The normalized spacial score (nSPS) is 27.8. The van der Waals surface area contributed by atoms with Crippen molar-refractivity contribution in [1.29, 1.82) is 5.41 Å². The van der Waals surface area contributed by atoms with Crippen molar-refractivity contribution in [2.24, 2.45) is 5.73 Å². The number of nitrogens with two attached hydrogens (primary N) is 1. The summed E-state index contributed by atoms with van der Waals surface area (Å²) in [5.41, 5.74) is 5.26. The zero-order valence-corrected chi connectivity index (χ0v) is 5.43. The van der Waals surface area contributed by atoms with Gasteiger partial charge in [-0.2, -0.15) is 0 Å². The van der Waals surface area contributed by atoms with Crippen LogP contribution in [0.4, 0.5) is 0 Å². The molecule has 0 saturated carbocycles. The average molecular weight is 126 g/mol. The maximum absolute atomic E-state index is 7.07. The van der Waals surface area contributed by atoms with Crippen LogP contribution in [-0.2, 0) is 0 Å². The first-order chi connectivity index (χ1) is 4.30. The molecule has 0 aromatic rings. The van der Waals surface area contributed by atoms with E-state index in [9.17, 15) is 0 Å². The highest BCUT2D eigenvalue weighted by atomic mass is 15.0. The molecule has 0 bridgehead atoms. The topological polar surface area (TPSA) is 64.0 Å². The van der Waals surface area contributed by atoms with E-state index in [1.165, 1.54) is 12.8 Å². The van der Waals surface area contributed by atoms with Crippen molar-refractivity contribution in [3.63, 3.8) is 0 Å². The van der Waals surface area contributed by atoms with Crippen LogP contribution in [0.3, 0.4) is 0 Å². The molecule has 1 atom stereocenters. The summed E-state index contributed by atoms with van der Waals surface area (Å²) in [7, 11) is 0. The van der Waals surface area contributed by atoms with Crippen LogP contribution in [0.25, 0.3) is 0 Å². The highest BCUT2D eigenvalue weighted by Gasteiger charge is 2.15. The van der Waals surface area contributed by atoms with Crippen LogP contribution in [0.1, 0.15) is 19.3 Å². The largest absolute Gasteiger partial charge is 0.386 e. The van der Waals surface area contributed by atoms with Gasteiger partial charge in [0.1, 0.15) is 5.84 Å². The van der Waals surface area contributed by atoms with E-state index < -0.39 is 0 Å². The van der Waals surface area contributed by atoms with Crippen molar-refractivity contribution in [2.45, 2.75) is 25.3 Å². The van der Waals surface area contributed by atoms with E-state index in [-0.39, 0.29) is 11.9 Å². The van der Waals surface area contributed by atoms with Gasteiger partial charge in [0, 0.05) is 6.54 Å². The van der Waals surface area contributed by atoms with E-state index in [4.69, 9.17) is 11.1 Å². The molecule has 51 valence electrons. The third-order valence-corrected chi connectivity index (χ3v) is 1.59. The summed E-state index contributed by atoms with van der Waals surface area (Å²) in [6.07, 6.45) is 3.33. The average Bonchev–Trinajstić information content (AvgIpc) is 1.90. The number of nitrogens with one attached hydrogen (secondary N) is 1. The van der Waals surface area contributed by atoms with Crippen LogP contribution in [0, 0.1) is 5.41 Å². The second kappa shape index (κ2) is 2.82. The third-order valence-electron chi connectivity index (χ3n) is 1.59. The van der Waals surface area contributed by atoms with E-state index in [0.29, 0.717) is 0 Å². The van der Waals surface area contributed by atoms with Gasteiger partial charge in [0.25, 0.3) is 0 Å². The first-order valence-corrected chi connectivity index (χ1v) is 3.31. The Kier molecular flexibility index (Phi) is 2.05. The minimum Gasteiger partial charge on any atom is -0.386 e. The monoisotopic (exact) mass is 126 g/mol. The lowest BCUT2D eigenvalue weighted by molar-refractivity contribution is 0.460. The number of hydrogen-bond donors (Lipinski definition) is 2. The van der Waals surface area contributed by atoms with Crippen molar-refractivity contribution in [3.05, 3.63) is 0 Å². The molecule has 1 aliphatic rings. The zero-order chi connectivity index (χ0) is 6.69. The molecule has 0 spiro atoms. The number of amidine groups is 1. The van der Waals surface area contributed by atoms with Crippen LogP contribution in [0.15, 0.2) is 0 Å². The molecule has 1 rings (SSSR count). The maximum Gasteiger partial charge on any atom is 0.110 e. The minimum atomic E-state index is 0.0405. The van der Waals surface area contributed by atoms with Gasteiger partial charge in [-0.25, -0.2) is 5.32 Å². The lowest BCUT2D eigenvalue weighted by Crippen LogP contribution is -2.39. The van der Waals surface area contributed by atoms with E-state index in [1.807, 2.05) is 0 Å². The number of hydrogen-bond acceptors (Lipinski definition) is 1. The van der Waals surface area contributed by atoms with E-state index in [2.05, 4.69) is 5.32 Å². The van der Waals surface area contributed by atoms with Crippen molar-refractivity contribution in [3.8, 4) is 0 Å². The molecule has 1 radical (unpaired) electrons. The fraction of sp³-hybridized carbons (Fsp3) is 0.833. The predicted octanol–water partition coefficient (Wildman–Crippen LogP) is 0.0793. The third kappa shape index (κ3) is 1.68. The van der Waals surface area contributed by atoms with Crippen LogP contribution < -0.4 is 11.1 Å². The Morgan fingerprint density at radius 1 is 1.56 bits per heavy atom. The summed E-state index contributed by atoms with van der Waals surface area (Å²) in [6.45, 7) is 0.893. The summed E-state index contributed by atoms with van der Waals surface area (Å²) in [4.78, 5) is 0. The number of piperidine rings is 1. The van der Waals surface area contributed by atoms with Gasteiger partial charge in [0.2, 0.25) is 0 Å². The van der Waals surface area contributed by atoms with Crippen molar-refractivity contribution in [1.82, 2.24) is 5.32 Å². The van der Waals surface area contributed by atoms with Crippen LogP contribution in [0.2, 0.25) is 0 Å². The second-order valence-corrected chi connectivity index (χ2v) is 2.37. The number of rotatable bonds is 1. The molecule has 1 unspecified atom stereocenters. The van der Waals surface area contributed by atoms with E-state index >= 15 is 0 Å². The minimum absolute atomic E-state index is 0.0405. The molecule has 0 aromatic carbocycles. The standard InChI is InChI=1S/C6H12N3/c7-6(8)5-3-1-2-4-9-5/h5H,1-4H2,(H3,7,8). The lowest BCUT2D eigenvalue weighted by atomic mass is 10.0. The fourth-order valence-electron chi connectivity index (χ4n) is 1.04. The van der Waals surface area contributed by atoms with Gasteiger partial charge in [-0.3, -0.25) is 5.41 Å². The lowest BCUT2D eigenvalue weighted by Gasteiger charge is -2.19. The molecule has 1 saturated heterocycles. The molecule has 9 heavy (non-hydrogen) atoms. The van der Waals surface area contributed by atoms with Gasteiger partial charge >= 0.3 is 0 Å². The van der Waals surface area contributed by atoms with Gasteiger partial charge in [-0.1, -0.05) is 6.42 Å². The summed E-state index contributed by atoms with van der Waals surface area (Å²) in [5, 5.41) is 11.3. The SMILES string of the molecule is N=C(N)C1CCCC[N]1. The summed E-state index contributed by atoms with van der Waals surface area (Å²) in [5.74, 6) is 0.231. The first kappa shape index (κ1) is 6.55. The Morgan fingerprint density at radius 3 is 2.67 bits per heavy atom. The van der Waals surface area contributed by atoms with Crippen LogP contribution in [-0.4, -0.2) is 18.4 Å². The Hall–Kier alpha value is -0.570. The molecule has 1 aliphatic heterocycles. The molecular formula is C6H12N3. The molecule has 3 N–H and O–H groups in total. The quantitative estimate of drug-likeness (QED) is 0.379. The summed E-state index contributed by atoms with van der Waals surface area (Å²) >= 11 is 0. The Labute approximate surface area is 55.1 Å². The molecule has 0 amide bonds. The summed E-state index contributed by atoms with van der Waals surface area (Å²) < 4.78 is 0. The Bertz CT molecular complexity index is 105. The molecule has 0 aromatic heterocycles. The molecule has 3 heteroatoms. The Balaban J connectivity index is 2.31. The van der Waals surface area contributed by atoms with Crippen molar-refractivity contribution >= 4 is 5.84 Å². The van der Waals surface area contributed by atoms with Gasteiger partial charge in [-0.05, 0) is 12.8 Å². The van der Waals surface area contributed by atoms with Crippen molar-refractivity contribution < 1.29 is 0 Å². The Morgan fingerprint density at radius 2 is 2.33 bits per heavy atom. The molecule has 1 fully saturated rings. The smallest absolute Gasteiger partial charge is 0.110 e. The van der Waals surface area contributed by atoms with Crippen molar-refractivity contribution in [2.75, 3.05) is 6.54 Å². The highest BCUT2D eigenvalue weighted by Crippen LogP contribution is 2.07. The van der Waals surface area contributed by atoms with Crippen LogP contribution in [0.5, 0.6) is 0 Å². The first-order valence-electron chi connectivity index (χ1n) is 3.31. The van der Waals surface area contributed by atoms with E-state index in [0.717, 1.165) is 13.0 Å². The predicted molar refractivity (Wildman–Crippen MR) is 36.6 cm³/mol. The molecule has 1 heterocycles. The van der Waals surface area contributed by atoms with Gasteiger partial charge in [0.15, 0.2) is 0 Å².